The van der Waals surface area contributed by atoms with Gasteiger partial charge in [-0.05, 0) is 42.7 Å². The third-order valence-electron chi connectivity index (χ3n) is 7.45. The van der Waals surface area contributed by atoms with Gasteiger partial charge >= 0.3 is 0 Å². The lowest BCUT2D eigenvalue weighted by Crippen LogP contribution is -2.48. The first kappa shape index (κ1) is 18.9. The summed E-state index contributed by atoms with van der Waals surface area (Å²) in [6.07, 6.45) is 3.34. The van der Waals surface area contributed by atoms with Gasteiger partial charge in [-0.2, -0.15) is 0 Å². The fraction of sp³-hybridized carbons (Fsp3) is 0.440. The second-order valence-corrected chi connectivity index (χ2v) is 9.08. The topological polar surface area (TPSA) is 53.1 Å². The summed E-state index contributed by atoms with van der Waals surface area (Å²) in [6, 6.07) is 17.8. The average Bonchev–Trinajstić information content (AvgIpc) is 3.57. The molecule has 6 rings (SSSR count). The maximum absolute atomic E-state index is 13.4. The molecule has 6 nitrogen and oxygen atoms in total. The van der Waals surface area contributed by atoms with Crippen molar-refractivity contribution in [3.8, 4) is 0 Å². The smallest absolute Gasteiger partial charge is 0.254 e. The van der Waals surface area contributed by atoms with Crippen molar-refractivity contribution in [2.24, 2.45) is 0 Å². The first-order valence-electron chi connectivity index (χ1n) is 11.3. The standard InChI is InChI=1S/C25H27N3O3/c29-23-16-22-25(28(23)17-21(31-25)18-6-2-1-3-7-18)12-15-27(22)24(30)19-8-10-20(11-9-19)26-13-4-5-14-26/h1-3,6-11,21-22H,4-5,12-17H2/t21-,22-,25+/m1/s1. The number of amides is 2. The van der Waals surface area contributed by atoms with Gasteiger partial charge in [-0.1, -0.05) is 30.3 Å². The molecule has 160 valence electrons. The number of benzene rings is 2. The van der Waals surface area contributed by atoms with Crippen LogP contribution in [0.1, 0.15) is 47.7 Å². The second-order valence-electron chi connectivity index (χ2n) is 9.08. The highest BCUT2D eigenvalue weighted by molar-refractivity contribution is 5.96. The van der Waals surface area contributed by atoms with Crippen LogP contribution in [0.15, 0.2) is 54.6 Å². The average molecular weight is 418 g/mol. The molecule has 4 heterocycles. The number of carbonyl (C=O) groups is 2. The number of hydrogen-bond acceptors (Lipinski definition) is 4. The molecule has 0 bridgehead atoms. The van der Waals surface area contributed by atoms with Gasteiger partial charge in [-0.25, -0.2) is 0 Å². The Morgan fingerprint density at radius 2 is 1.71 bits per heavy atom. The maximum Gasteiger partial charge on any atom is 0.254 e. The van der Waals surface area contributed by atoms with Gasteiger partial charge < -0.3 is 19.4 Å². The monoisotopic (exact) mass is 417 g/mol. The molecule has 0 radical (unpaired) electrons. The fourth-order valence-electron chi connectivity index (χ4n) is 5.86. The molecule has 2 aromatic carbocycles. The number of hydrogen-bond donors (Lipinski definition) is 0. The van der Waals surface area contributed by atoms with Crippen molar-refractivity contribution >= 4 is 17.5 Å². The van der Waals surface area contributed by atoms with Crippen LogP contribution in [0, 0.1) is 0 Å². The Morgan fingerprint density at radius 3 is 2.45 bits per heavy atom. The van der Waals surface area contributed by atoms with Crippen LogP contribution >= 0.6 is 0 Å². The van der Waals surface area contributed by atoms with Crippen LogP contribution in [0.4, 0.5) is 5.69 Å². The van der Waals surface area contributed by atoms with E-state index in [0.29, 0.717) is 31.5 Å². The quantitative estimate of drug-likeness (QED) is 0.770. The molecule has 4 fully saturated rings. The largest absolute Gasteiger partial charge is 0.372 e. The summed E-state index contributed by atoms with van der Waals surface area (Å²) in [5.74, 6) is 0.0848. The van der Waals surface area contributed by atoms with Crippen LogP contribution < -0.4 is 4.90 Å². The lowest BCUT2D eigenvalue weighted by atomic mass is 10.1. The SMILES string of the molecule is O=C(c1ccc(N2CCCC2)cc1)N1CC[C@@]23O[C@@H](c4ccccc4)CN2C(=O)C[C@@H]13. The number of rotatable bonds is 3. The molecule has 31 heavy (non-hydrogen) atoms. The Morgan fingerprint density at radius 1 is 0.968 bits per heavy atom. The summed E-state index contributed by atoms with van der Waals surface area (Å²) in [4.78, 5) is 32.4. The van der Waals surface area contributed by atoms with Gasteiger partial charge in [-0.15, -0.1) is 0 Å². The fourth-order valence-corrected chi connectivity index (χ4v) is 5.86. The van der Waals surface area contributed by atoms with Crippen molar-refractivity contribution in [3.63, 3.8) is 0 Å². The Kier molecular flexibility index (Phi) is 4.32. The third kappa shape index (κ3) is 2.88. The maximum atomic E-state index is 13.4. The van der Waals surface area contributed by atoms with Gasteiger partial charge in [0.15, 0.2) is 5.72 Å². The molecule has 0 unspecified atom stereocenters. The number of likely N-dealkylation sites (tertiary alicyclic amines) is 1. The number of nitrogens with zero attached hydrogens (tertiary/aromatic N) is 3. The molecule has 2 amide bonds. The zero-order valence-corrected chi connectivity index (χ0v) is 17.6. The normalized spacial score (nSPS) is 29.5. The van der Waals surface area contributed by atoms with E-state index in [-0.39, 0.29) is 24.0 Å². The summed E-state index contributed by atoms with van der Waals surface area (Å²) >= 11 is 0. The van der Waals surface area contributed by atoms with Crippen molar-refractivity contribution in [1.29, 1.82) is 0 Å². The number of anilines is 1. The first-order chi connectivity index (χ1) is 15.2. The van der Waals surface area contributed by atoms with E-state index < -0.39 is 5.72 Å². The first-order valence-corrected chi connectivity index (χ1v) is 11.3. The minimum Gasteiger partial charge on any atom is -0.372 e. The van der Waals surface area contributed by atoms with E-state index in [4.69, 9.17) is 4.74 Å². The van der Waals surface area contributed by atoms with Crippen molar-refractivity contribution in [2.45, 2.75) is 43.6 Å². The van der Waals surface area contributed by atoms with E-state index in [2.05, 4.69) is 4.90 Å². The highest BCUT2D eigenvalue weighted by Gasteiger charge is 2.65. The molecule has 0 saturated carbocycles. The highest BCUT2D eigenvalue weighted by atomic mass is 16.5. The lowest BCUT2D eigenvalue weighted by Gasteiger charge is -2.32. The summed E-state index contributed by atoms with van der Waals surface area (Å²) in [6.45, 7) is 3.35. The molecule has 0 aliphatic carbocycles. The van der Waals surface area contributed by atoms with Gasteiger partial charge in [0.2, 0.25) is 5.91 Å². The van der Waals surface area contributed by atoms with Crippen molar-refractivity contribution < 1.29 is 14.3 Å². The molecule has 3 atom stereocenters. The zero-order valence-electron chi connectivity index (χ0n) is 17.6. The van der Waals surface area contributed by atoms with Gasteiger partial charge in [0.05, 0.1) is 19.0 Å². The van der Waals surface area contributed by atoms with Crippen LogP contribution in [0.25, 0.3) is 0 Å². The molecule has 2 aromatic rings. The summed E-state index contributed by atoms with van der Waals surface area (Å²) in [5, 5.41) is 0. The minimum absolute atomic E-state index is 0.00346. The van der Waals surface area contributed by atoms with E-state index in [0.717, 1.165) is 18.7 Å². The number of ether oxygens (including phenoxy) is 1. The van der Waals surface area contributed by atoms with Crippen molar-refractivity contribution in [3.05, 3.63) is 65.7 Å². The Balaban J connectivity index is 1.23. The van der Waals surface area contributed by atoms with E-state index in [1.54, 1.807) is 0 Å². The van der Waals surface area contributed by atoms with E-state index in [1.807, 2.05) is 64.4 Å². The lowest BCUT2D eigenvalue weighted by molar-refractivity contribution is -0.138. The van der Waals surface area contributed by atoms with Crippen LogP contribution in [0.3, 0.4) is 0 Å². The predicted molar refractivity (Wildman–Crippen MR) is 117 cm³/mol. The molecular formula is C25H27N3O3. The van der Waals surface area contributed by atoms with Crippen LogP contribution in [-0.2, 0) is 9.53 Å². The minimum atomic E-state index is -0.678. The Bertz CT molecular complexity index is 1000. The molecule has 4 aliphatic heterocycles. The molecule has 4 aliphatic rings. The van der Waals surface area contributed by atoms with Crippen LogP contribution in [0.2, 0.25) is 0 Å². The van der Waals surface area contributed by atoms with Gasteiger partial charge in [-0.3, -0.25) is 9.59 Å². The second kappa shape index (κ2) is 7.09. The molecule has 0 N–H and O–H groups in total. The molecular weight excluding hydrogens is 390 g/mol. The highest BCUT2D eigenvalue weighted by Crippen LogP contribution is 2.50. The summed E-state index contributed by atoms with van der Waals surface area (Å²) in [7, 11) is 0. The van der Waals surface area contributed by atoms with Crippen molar-refractivity contribution in [2.75, 3.05) is 31.1 Å². The summed E-state index contributed by atoms with van der Waals surface area (Å²) in [5.41, 5.74) is 2.27. The van der Waals surface area contributed by atoms with E-state index in [9.17, 15) is 9.59 Å². The third-order valence-corrected chi connectivity index (χ3v) is 7.45. The number of carbonyl (C=O) groups excluding carboxylic acids is 2. The zero-order chi connectivity index (χ0) is 21.0. The van der Waals surface area contributed by atoms with Crippen LogP contribution in [0.5, 0.6) is 0 Å². The molecule has 4 saturated heterocycles. The summed E-state index contributed by atoms with van der Waals surface area (Å²) < 4.78 is 6.56. The van der Waals surface area contributed by atoms with Gasteiger partial charge in [0.1, 0.15) is 6.10 Å². The van der Waals surface area contributed by atoms with Crippen molar-refractivity contribution in [1.82, 2.24) is 9.80 Å². The molecule has 1 spiro atoms. The van der Waals surface area contributed by atoms with E-state index in [1.165, 1.54) is 18.5 Å². The van der Waals surface area contributed by atoms with Crippen LogP contribution in [-0.4, -0.2) is 59.6 Å². The van der Waals surface area contributed by atoms with Gasteiger partial charge in [0, 0.05) is 37.3 Å². The molecule has 6 heteroatoms. The predicted octanol–water partition coefficient (Wildman–Crippen LogP) is 3.20. The Hall–Kier alpha value is -2.86. The Labute approximate surface area is 182 Å². The van der Waals surface area contributed by atoms with E-state index >= 15 is 0 Å². The molecule has 0 aromatic heterocycles. The van der Waals surface area contributed by atoms with Gasteiger partial charge in [0.25, 0.3) is 5.91 Å².